The topological polar surface area (TPSA) is 231 Å². The third kappa shape index (κ3) is 31.4. The second-order valence-corrected chi connectivity index (χ2v) is 9.33. The van der Waals surface area contributed by atoms with Gasteiger partial charge in [-0.25, -0.2) is 23.9 Å². The quantitative estimate of drug-likeness (QED) is 0.102. The molecule has 0 unspecified atom stereocenters. The molecule has 0 radical (unpaired) electrons. The van der Waals surface area contributed by atoms with E-state index in [0.717, 1.165) is 24.0 Å². The van der Waals surface area contributed by atoms with Crippen LogP contribution in [-0.4, -0.2) is 42.7 Å². The van der Waals surface area contributed by atoms with E-state index in [1.807, 2.05) is 0 Å². The number of halogens is 4. The molecular weight excluding hydrogens is 580 g/mol. The summed E-state index contributed by atoms with van der Waals surface area (Å²) >= 11 is 0. The average molecular weight is 621 g/mol. The third-order valence-corrected chi connectivity index (χ3v) is 3.22. The fourth-order valence-corrected chi connectivity index (χ4v) is 1.88. The molecule has 0 saturated heterocycles. The van der Waals surface area contributed by atoms with Gasteiger partial charge in [0.25, 0.3) is 0 Å². The first-order chi connectivity index (χ1) is 19.6. The summed E-state index contributed by atoms with van der Waals surface area (Å²) in [6.45, 7) is 13.0. The minimum Gasteiger partial charge on any atom is -0.450 e. The number of alkyl halides is 3. The number of hydrogen-bond acceptors (Lipinski definition) is 8. The van der Waals surface area contributed by atoms with Gasteiger partial charge in [-0.3, -0.25) is 0 Å². The van der Waals surface area contributed by atoms with Crippen molar-refractivity contribution in [3.8, 4) is 0 Å². The van der Waals surface area contributed by atoms with Crippen molar-refractivity contribution < 1.29 is 47.6 Å². The molecule has 0 aliphatic carbocycles. The van der Waals surface area contributed by atoms with Gasteiger partial charge < -0.3 is 42.9 Å². The van der Waals surface area contributed by atoms with Crippen LogP contribution in [-0.2, 0) is 6.18 Å². The third-order valence-electron chi connectivity index (χ3n) is 3.22. The number of anilines is 5. The first-order valence-electron chi connectivity index (χ1n) is 12.2. The van der Waals surface area contributed by atoms with Gasteiger partial charge in [0, 0.05) is 11.8 Å². The zero-order valence-corrected chi connectivity index (χ0v) is 24.6. The van der Waals surface area contributed by atoms with Crippen LogP contribution in [0.1, 0.15) is 47.1 Å². The van der Waals surface area contributed by atoms with Crippen LogP contribution in [0.25, 0.3) is 0 Å². The number of nitrogens with zero attached hydrogens (tertiary/aromatic N) is 2. The van der Waals surface area contributed by atoms with Crippen molar-refractivity contribution in [3.05, 3.63) is 66.2 Å². The van der Waals surface area contributed by atoms with Crippen LogP contribution in [0.4, 0.5) is 55.8 Å². The van der Waals surface area contributed by atoms with Gasteiger partial charge in [0.15, 0.2) is 0 Å². The number of benzene rings is 2. The molecule has 11 N–H and O–H groups in total. The fraction of sp³-hybridized carbons (Fsp3) is 0.333. The summed E-state index contributed by atoms with van der Waals surface area (Å²) in [5, 5.41) is 30.7. The molecule has 1 heterocycles. The predicted molar refractivity (Wildman–Crippen MR) is 159 cm³/mol. The van der Waals surface area contributed by atoms with Gasteiger partial charge in [-0.1, -0.05) is 41.5 Å². The molecular formula is C27H40F4N6O6. The molecule has 1 aromatic heterocycles. The van der Waals surface area contributed by atoms with Crippen molar-refractivity contribution >= 4 is 41.0 Å². The molecule has 242 valence electrons. The van der Waals surface area contributed by atoms with E-state index in [4.69, 9.17) is 47.2 Å². The Morgan fingerprint density at radius 3 is 1.49 bits per heavy atom. The maximum atomic E-state index is 12.3. The summed E-state index contributed by atoms with van der Waals surface area (Å²) in [5.41, 5.74) is 16.5. The highest BCUT2D eigenvalue weighted by Crippen LogP contribution is 2.30. The van der Waals surface area contributed by atoms with Gasteiger partial charge in [0.2, 0.25) is 0 Å². The van der Waals surface area contributed by atoms with Gasteiger partial charge in [-0.05, 0) is 54.3 Å². The summed E-state index contributed by atoms with van der Waals surface area (Å²) in [6, 6.07) is 10.0. The molecule has 0 spiro atoms. The number of carboxylic acid groups (broad SMARTS) is 4. The summed E-state index contributed by atoms with van der Waals surface area (Å²) < 4.78 is 49.2. The fourth-order valence-electron chi connectivity index (χ4n) is 1.88. The molecule has 16 heteroatoms. The van der Waals surface area contributed by atoms with Gasteiger partial charge in [-0.15, -0.1) is 0 Å². The van der Waals surface area contributed by atoms with E-state index in [1.165, 1.54) is 42.7 Å². The average Bonchev–Trinajstić information content (AvgIpc) is 2.80. The first-order valence-corrected chi connectivity index (χ1v) is 12.2. The summed E-state index contributed by atoms with van der Waals surface area (Å²) in [6.07, 6.45) is -6.74. The van der Waals surface area contributed by atoms with Gasteiger partial charge >= 0.3 is 18.5 Å². The molecule has 0 aliphatic heterocycles. The Morgan fingerprint density at radius 2 is 1.16 bits per heavy atom. The number of carbonyl (C=O) groups is 2. The molecule has 12 nitrogen and oxygen atoms in total. The molecule has 3 aromatic rings. The highest BCUT2D eigenvalue weighted by Gasteiger charge is 2.29. The number of aromatic nitrogens is 2. The number of rotatable bonds is 2. The second kappa shape index (κ2) is 22.6. The molecule has 2 aromatic carbocycles. The van der Waals surface area contributed by atoms with Crippen LogP contribution < -0.4 is 22.5 Å². The molecule has 0 saturated carbocycles. The number of hydrogen-bond donors (Lipinski definition) is 8. The van der Waals surface area contributed by atoms with Gasteiger partial charge in [0.1, 0.15) is 23.8 Å². The Morgan fingerprint density at radius 1 is 0.744 bits per heavy atom. The summed E-state index contributed by atoms with van der Waals surface area (Å²) in [7, 11) is 0. The summed E-state index contributed by atoms with van der Waals surface area (Å²) in [5.74, 6) is 2.00. The maximum absolute atomic E-state index is 12.3. The molecule has 3 rings (SSSR count). The van der Waals surface area contributed by atoms with Crippen molar-refractivity contribution in [3.63, 3.8) is 0 Å². The van der Waals surface area contributed by atoms with Crippen molar-refractivity contribution in [2.24, 2.45) is 11.8 Å². The number of nitrogens with two attached hydrogens (primary N) is 3. The van der Waals surface area contributed by atoms with E-state index >= 15 is 0 Å². The second-order valence-electron chi connectivity index (χ2n) is 9.33. The zero-order valence-electron chi connectivity index (χ0n) is 24.6. The van der Waals surface area contributed by atoms with E-state index in [1.54, 1.807) is 0 Å². The molecule has 43 heavy (non-hydrogen) atoms. The minimum absolute atomic E-state index is 0.277. The van der Waals surface area contributed by atoms with Gasteiger partial charge in [0.05, 0.1) is 16.9 Å². The largest absolute Gasteiger partial charge is 0.503 e. The standard InChI is InChI=1S/C11H9F3N4.C6H7FN2.2C4H10.2CH2O3/c12-11(13,14)7-1-3-8(4-2-7)18-10-5-9(15)16-6-17-10;7-4-1-2-5(8)6(9)3-4;2*1-4(2)3;2*2-1(3)4/h1-6H,(H3,15,16,17,18);1-3H,8-9H2;2*4H,1-3H3;2*(H2,2,3,4). The van der Waals surface area contributed by atoms with Crippen LogP contribution in [0.15, 0.2) is 54.9 Å². The summed E-state index contributed by atoms with van der Waals surface area (Å²) in [4.78, 5) is 24.7. The molecule has 0 atom stereocenters. The Kier molecular flexibility index (Phi) is 22.4. The van der Waals surface area contributed by atoms with Crippen LogP contribution >= 0.6 is 0 Å². The number of nitrogens with one attached hydrogen (secondary N) is 1. The predicted octanol–water partition coefficient (Wildman–Crippen LogP) is 7.58. The Bertz CT molecular complexity index is 1170. The Hall–Kier alpha value is -5.02. The first kappa shape index (κ1) is 42.4. The van der Waals surface area contributed by atoms with Crippen molar-refractivity contribution in [1.82, 2.24) is 9.97 Å². The number of nitrogen functional groups attached to an aromatic ring is 3. The SMILES string of the molecule is CC(C)C.CC(C)C.Nc1cc(Nc2ccc(C(F)(F)F)cc2)ncn1.Nc1ccc(F)cc1N.O=C(O)O.O=C(O)O. The van der Waals surface area contributed by atoms with E-state index < -0.39 is 24.1 Å². The smallest absolute Gasteiger partial charge is 0.450 e. The molecule has 0 amide bonds. The van der Waals surface area contributed by atoms with Crippen molar-refractivity contribution in [2.75, 3.05) is 22.5 Å². The lowest BCUT2D eigenvalue weighted by Crippen LogP contribution is -2.04. The highest BCUT2D eigenvalue weighted by molar-refractivity contribution is 5.62. The lowest BCUT2D eigenvalue weighted by atomic mass is 10.2. The minimum atomic E-state index is -4.34. The highest BCUT2D eigenvalue weighted by atomic mass is 19.4. The molecule has 0 bridgehead atoms. The van der Waals surface area contributed by atoms with Crippen molar-refractivity contribution in [1.29, 1.82) is 0 Å². The van der Waals surface area contributed by atoms with Crippen LogP contribution in [0.5, 0.6) is 0 Å². The Labute approximate surface area is 247 Å². The van der Waals surface area contributed by atoms with E-state index in [2.05, 4.69) is 56.8 Å². The lowest BCUT2D eigenvalue weighted by Gasteiger charge is -2.09. The molecule has 0 aliphatic rings. The van der Waals surface area contributed by atoms with E-state index in [9.17, 15) is 17.6 Å². The monoisotopic (exact) mass is 620 g/mol. The van der Waals surface area contributed by atoms with Crippen LogP contribution in [0, 0.1) is 17.7 Å². The van der Waals surface area contributed by atoms with E-state index in [0.29, 0.717) is 17.2 Å². The normalized spacial score (nSPS) is 9.49. The van der Waals surface area contributed by atoms with Crippen molar-refractivity contribution in [2.45, 2.75) is 47.7 Å². The zero-order chi connectivity index (χ0) is 34.3. The van der Waals surface area contributed by atoms with Crippen LogP contribution in [0.3, 0.4) is 0 Å². The molecule has 0 fully saturated rings. The van der Waals surface area contributed by atoms with Crippen LogP contribution in [0.2, 0.25) is 0 Å². The van der Waals surface area contributed by atoms with E-state index in [-0.39, 0.29) is 17.3 Å². The maximum Gasteiger partial charge on any atom is 0.503 e. The van der Waals surface area contributed by atoms with Gasteiger partial charge in [-0.2, -0.15) is 13.2 Å². The lowest BCUT2D eigenvalue weighted by molar-refractivity contribution is -0.137. The Balaban J connectivity index is -0.000000533.